The van der Waals surface area contributed by atoms with Crippen LogP contribution in [-0.2, 0) is 16.1 Å². The quantitative estimate of drug-likeness (QED) is 0.804. The first-order chi connectivity index (χ1) is 8.08. The first-order valence-corrected chi connectivity index (χ1v) is 5.29. The van der Waals surface area contributed by atoms with Crippen LogP contribution in [0, 0.1) is 0 Å². The van der Waals surface area contributed by atoms with Crippen molar-refractivity contribution in [3.63, 3.8) is 0 Å². The molecule has 0 fully saturated rings. The summed E-state index contributed by atoms with van der Waals surface area (Å²) in [7, 11) is 0. The molecular formula is C12H13NO4. The lowest BCUT2D eigenvalue weighted by molar-refractivity contribution is -0.120. The number of nitrogens with one attached hydrogen (secondary N) is 1. The Kier molecular flexibility index (Phi) is 3.10. The van der Waals surface area contributed by atoms with E-state index in [1.54, 1.807) is 18.2 Å². The molecule has 0 saturated heterocycles. The van der Waals surface area contributed by atoms with Crippen molar-refractivity contribution in [2.75, 3.05) is 6.61 Å². The Labute approximate surface area is 98.4 Å². The van der Waals surface area contributed by atoms with E-state index < -0.39 is 5.97 Å². The van der Waals surface area contributed by atoms with Crippen LogP contribution in [0.25, 0.3) is 0 Å². The smallest absolute Gasteiger partial charge is 0.335 e. The monoisotopic (exact) mass is 235 g/mol. The number of carbonyl (C=O) groups is 2. The second-order valence-electron chi connectivity index (χ2n) is 3.99. The number of carboxylic acid groups (broad SMARTS) is 1. The van der Waals surface area contributed by atoms with Crippen molar-refractivity contribution in [2.45, 2.75) is 19.6 Å². The lowest BCUT2D eigenvalue weighted by Crippen LogP contribution is -2.32. The summed E-state index contributed by atoms with van der Waals surface area (Å²) in [4.78, 5) is 21.9. The predicted molar refractivity (Wildman–Crippen MR) is 59.6 cm³/mol. The van der Waals surface area contributed by atoms with Gasteiger partial charge in [0.15, 0.2) is 0 Å². The number of rotatable bonds is 2. The largest absolute Gasteiger partial charge is 0.478 e. The molecule has 1 aliphatic rings. The molecule has 0 saturated carbocycles. The molecule has 1 heterocycles. The van der Waals surface area contributed by atoms with E-state index in [1.807, 2.05) is 0 Å². The van der Waals surface area contributed by atoms with Gasteiger partial charge in [-0.2, -0.15) is 0 Å². The molecule has 2 rings (SSSR count). The maximum Gasteiger partial charge on any atom is 0.335 e. The number of ether oxygens (including phenoxy) is 1. The van der Waals surface area contributed by atoms with Crippen molar-refractivity contribution < 1.29 is 19.4 Å². The average molecular weight is 235 g/mol. The van der Waals surface area contributed by atoms with Gasteiger partial charge in [-0.25, -0.2) is 4.79 Å². The van der Waals surface area contributed by atoms with Crippen LogP contribution in [0.4, 0.5) is 0 Å². The van der Waals surface area contributed by atoms with Gasteiger partial charge >= 0.3 is 5.97 Å². The molecule has 2 N–H and O–H groups in total. The third-order valence-corrected chi connectivity index (χ3v) is 2.68. The van der Waals surface area contributed by atoms with Crippen molar-refractivity contribution in [1.82, 2.24) is 5.32 Å². The summed E-state index contributed by atoms with van der Waals surface area (Å²) in [6.07, 6.45) is 0. The summed E-state index contributed by atoms with van der Waals surface area (Å²) in [5, 5.41) is 11.7. The topological polar surface area (TPSA) is 75.6 Å². The number of benzene rings is 1. The van der Waals surface area contributed by atoms with Gasteiger partial charge in [0.2, 0.25) is 5.91 Å². The molecule has 1 atom stereocenters. The normalized spacial score (nSPS) is 18.3. The predicted octanol–water partition coefficient (Wildman–Crippen LogP) is 1.09. The van der Waals surface area contributed by atoms with E-state index in [2.05, 4.69) is 5.32 Å². The van der Waals surface area contributed by atoms with Crippen LogP contribution in [-0.4, -0.2) is 23.6 Å². The van der Waals surface area contributed by atoms with Crippen LogP contribution in [0.15, 0.2) is 18.2 Å². The van der Waals surface area contributed by atoms with Gasteiger partial charge in [-0.15, -0.1) is 0 Å². The highest BCUT2D eigenvalue weighted by Gasteiger charge is 2.22. The Morgan fingerprint density at radius 1 is 1.47 bits per heavy atom. The van der Waals surface area contributed by atoms with Crippen LogP contribution < -0.4 is 5.32 Å². The molecule has 0 radical (unpaired) electrons. The lowest BCUT2D eigenvalue weighted by Gasteiger charge is -2.26. The van der Waals surface area contributed by atoms with E-state index in [-0.39, 0.29) is 17.5 Å². The Hall–Kier alpha value is -1.88. The van der Waals surface area contributed by atoms with Crippen LogP contribution in [0.2, 0.25) is 0 Å². The van der Waals surface area contributed by atoms with Gasteiger partial charge in [-0.05, 0) is 23.3 Å². The summed E-state index contributed by atoms with van der Waals surface area (Å²) in [6.45, 7) is 2.24. The van der Waals surface area contributed by atoms with E-state index >= 15 is 0 Å². The fourth-order valence-corrected chi connectivity index (χ4v) is 1.95. The maximum atomic E-state index is 11.0. The number of amides is 1. The van der Waals surface area contributed by atoms with Gasteiger partial charge < -0.3 is 15.2 Å². The van der Waals surface area contributed by atoms with Crippen LogP contribution in [0.5, 0.6) is 0 Å². The number of aromatic carboxylic acids is 1. The summed E-state index contributed by atoms with van der Waals surface area (Å²) < 4.78 is 5.34. The lowest BCUT2D eigenvalue weighted by atomic mass is 9.96. The number of fused-ring (bicyclic) bond motifs is 1. The third-order valence-electron chi connectivity index (χ3n) is 2.68. The summed E-state index contributed by atoms with van der Waals surface area (Å²) in [6, 6.07) is 4.67. The Balaban J connectivity index is 2.33. The molecule has 0 spiro atoms. The summed E-state index contributed by atoms with van der Waals surface area (Å²) in [5.74, 6) is -1.09. The second-order valence-corrected chi connectivity index (χ2v) is 3.99. The maximum absolute atomic E-state index is 11.0. The van der Waals surface area contributed by atoms with Gasteiger partial charge in [0.05, 0.1) is 24.8 Å². The van der Waals surface area contributed by atoms with E-state index in [4.69, 9.17) is 9.84 Å². The molecule has 0 aliphatic carbocycles. The first kappa shape index (κ1) is 11.6. The molecular weight excluding hydrogens is 222 g/mol. The van der Waals surface area contributed by atoms with Gasteiger partial charge in [-0.3, -0.25) is 4.79 Å². The fraction of sp³-hybridized carbons (Fsp3) is 0.333. The minimum Gasteiger partial charge on any atom is -0.478 e. The second kappa shape index (κ2) is 4.55. The summed E-state index contributed by atoms with van der Waals surface area (Å²) in [5.41, 5.74) is 1.97. The number of carbonyl (C=O) groups excluding carboxylic acids is 1. The highest BCUT2D eigenvalue weighted by Crippen LogP contribution is 2.25. The van der Waals surface area contributed by atoms with Gasteiger partial charge in [-0.1, -0.05) is 6.07 Å². The van der Waals surface area contributed by atoms with E-state index in [0.29, 0.717) is 13.2 Å². The number of hydrogen-bond donors (Lipinski definition) is 2. The van der Waals surface area contributed by atoms with E-state index in [0.717, 1.165) is 11.1 Å². The molecule has 0 aromatic heterocycles. The van der Waals surface area contributed by atoms with Gasteiger partial charge in [0, 0.05) is 6.92 Å². The minimum absolute atomic E-state index is 0.131. The molecule has 0 unspecified atom stereocenters. The molecule has 1 aromatic carbocycles. The molecule has 0 bridgehead atoms. The van der Waals surface area contributed by atoms with Crippen molar-refractivity contribution in [2.24, 2.45) is 0 Å². The third kappa shape index (κ3) is 2.45. The standard InChI is InChI=1S/C12H13NO4/c1-7(14)13-11-6-17-5-9-4-8(12(15)16)2-3-10(9)11/h2-4,11H,5-6H2,1H3,(H,13,14)(H,15,16)/t11-/m0/s1. The number of carboxylic acids is 1. The van der Waals surface area contributed by atoms with Crippen molar-refractivity contribution >= 4 is 11.9 Å². The Bertz CT molecular complexity index is 470. The molecule has 5 nitrogen and oxygen atoms in total. The molecule has 5 heteroatoms. The zero-order valence-electron chi connectivity index (χ0n) is 9.40. The Morgan fingerprint density at radius 3 is 2.88 bits per heavy atom. The van der Waals surface area contributed by atoms with Crippen molar-refractivity contribution in [1.29, 1.82) is 0 Å². The van der Waals surface area contributed by atoms with Crippen LogP contribution >= 0.6 is 0 Å². The minimum atomic E-state index is -0.963. The molecule has 1 aromatic rings. The number of hydrogen-bond acceptors (Lipinski definition) is 3. The first-order valence-electron chi connectivity index (χ1n) is 5.29. The molecule has 90 valence electrons. The average Bonchev–Trinajstić information content (AvgIpc) is 2.28. The van der Waals surface area contributed by atoms with E-state index in [9.17, 15) is 9.59 Å². The van der Waals surface area contributed by atoms with Crippen molar-refractivity contribution in [3.05, 3.63) is 34.9 Å². The summed E-state index contributed by atoms with van der Waals surface area (Å²) >= 11 is 0. The Morgan fingerprint density at radius 2 is 2.24 bits per heavy atom. The highest BCUT2D eigenvalue weighted by molar-refractivity contribution is 5.88. The zero-order valence-corrected chi connectivity index (χ0v) is 9.40. The highest BCUT2D eigenvalue weighted by atomic mass is 16.5. The van der Waals surface area contributed by atoms with Gasteiger partial charge in [0.25, 0.3) is 0 Å². The SMILES string of the molecule is CC(=O)N[C@H]1COCc2cc(C(=O)O)ccc21. The molecule has 1 aliphatic heterocycles. The fourth-order valence-electron chi connectivity index (χ4n) is 1.95. The van der Waals surface area contributed by atoms with Crippen molar-refractivity contribution in [3.8, 4) is 0 Å². The zero-order chi connectivity index (χ0) is 12.4. The van der Waals surface area contributed by atoms with Gasteiger partial charge in [0.1, 0.15) is 0 Å². The molecule has 1 amide bonds. The van der Waals surface area contributed by atoms with Crippen LogP contribution in [0.1, 0.15) is 34.5 Å². The van der Waals surface area contributed by atoms with Crippen LogP contribution in [0.3, 0.4) is 0 Å². The van der Waals surface area contributed by atoms with E-state index in [1.165, 1.54) is 6.92 Å². The molecule has 17 heavy (non-hydrogen) atoms.